The summed E-state index contributed by atoms with van der Waals surface area (Å²) in [5, 5.41) is 0. The summed E-state index contributed by atoms with van der Waals surface area (Å²) < 4.78 is 19.7. The number of rotatable bonds is 5. The van der Waals surface area contributed by atoms with Crippen LogP contribution in [0.1, 0.15) is 24.8 Å². The van der Waals surface area contributed by atoms with Crippen LogP contribution in [0.15, 0.2) is 47.4 Å². The zero-order valence-electron chi connectivity index (χ0n) is 13.6. The maximum atomic E-state index is 14.1. The third-order valence-corrected chi connectivity index (χ3v) is 5.15. The Bertz CT molecular complexity index is 721. The minimum Gasteiger partial charge on any atom is -0.493 e. The highest BCUT2D eigenvalue weighted by molar-refractivity contribution is 7.98. The molecule has 1 fully saturated rings. The third kappa shape index (κ3) is 3.73. The largest absolute Gasteiger partial charge is 0.493 e. The molecule has 0 aliphatic carbocycles. The van der Waals surface area contributed by atoms with Crippen LogP contribution in [0, 0.1) is 5.82 Å². The second-order valence-electron chi connectivity index (χ2n) is 5.73. The van der Waals surface area contributed by atoms with Crippen molar-refractivity contribution in [3.8, 4) is 5.75 Å². The van der Waals surface area contributed by atoms with E-state index < -0.39 is 0 Å². The van der Waals surface area contributed by atoms with Crippen LogP contribution in [0.3, 0.4) is 0 Å². The van der Waals surface area contributed by atoms with Gasteiger partial charge in [-0.15, -0.1) is 11.8 Å². The van der Waals surface area contributed by atoms with E-state index in [1.54, 1.807) is 12.0 Å². The molecule has 126 valence electrons. The fourth-order valence-electron chi connectivity index (χ4n) is 2.86. The van der Waals surface area contributed by atoms with Gasteiger partial charge in [-0.3, -0.25) is 4.79 Å². The molecular formula is C19H20FNO2S. The molecule has 5 heteroatoms. The van der Waals surface area contributed by atoms with Crippen LogP contribution in [0.4, 0.5) is 10.1 Å². The van der Waals surface area contributed by atoms with Crippen molar-refractivity contribution in [3.63, 3.8) is 0 Å². The number of carbonyl (C=O) groups excluding carboxylic acids is 1. The number of hydrogen-bond acceptors (Lipinski definition) is 3. The van der Waals surface area contributed by atoms with E-state index in [0.29, 0.717) is 30.2 Å². The van der Waals surface area contributed by atoms with Gasteiger partial charge in [0, 0.05) is 24.8 Å². The molecule has 24 heavy (non-hydrogen) atoms. The molecule has 0 atom stereocenters. The number of ether oxygens (including phenoxy) is 1. The fraction of sp³-hybridized carbons (Fsp3) is 0.316. The highest BCUT2D eigenvalue weighted by Gasteiger charge is 2.25. The molecular weight excluding hydrogens is 325 g/mol. The lowest BCUT2D eigenvalue weighted by Crippen LogP contribution is -2.35. The molecule has 3 nitrogen and oxygen atoms in total. The van der Waals surface area contributed by atoms with E-state index in [2.05, 4.69) is 0 Å². The van der Waals surface area contributed by atoms with Gasteiger partial charge in [0.25, 0.3) is 0 Å². The van der Waals surface area contributed by atoms with Gasteiger partial charge in [-0.1, -0.05) is 30.3 Å². The number of amides is 1. The molecule has 0 N–H and O–H groups in total. The number of carbonyl (C=O) groups is 1. The highest BCUT2D eigenvalue weighted by Crippen LogP contribution is 2.41. The van der Waals surface area contributed by atoms with Crippen molar-refractivity contribution in [2.75, 3.05) is 18.6 Å². The maximum absolute atomic E-state index is 14.1. The number of halogens is 1. The van der Waals surface area contributed by atoms with Crippen molar-refractivity contribution in [3.05, 3.63) is 53.8 Å². The van der Waals surface area contributed by atoms with Crippen molar-refractivity contribution in [1.82, 2.24) is 0 Å². The molecule has 1 aliphatic heterocycles. The molecule has 1 aliphatic rings. The van der Waals surface area contributed by atoms with E-state index in [1.165, 1.54) is 23.9 Å². The first kappa shape index (κ1) is 16.8. The number of anilines is 1. The Morgan fingerprint density at radius 3 is 2.71 bits per heavy atom. The topological polar surface area (TPSA) is 29.5 Å². The summed E-state index contributed by atoms with van der Waals surface area (Å²) >= 11 is 1.52. The average molecular weight is 345 g/mol. The minimum atomic E-state index is -0.347. The van der Waals surface area contributed by atoms with Gasteiger partial charge < -0.3 is 9.64 Å². The summed E-state index contributed by atoms with van der Waals surface area (Å²) in [7, 11) is 1.57. The summed E-state index contributed by atoms with van der Waals surface area (Å²) in [6, 6.07) is 12.9. The first-order chi connectivity index (χ1) is 11.7. The molecule has 0 aromatic heterocycles. The normalized spacial score (nSPS) is 14.8. The first-order valence-corrected chi connectivity index (χ1v) is 9.02. The lowest BCUT2D eigenvalue weighted by atomic mass is 10.1. The smallest absolute Gasteiger partial charge is 0.227 e. The van der Waals surface area contributed by atoms with Gasteiger partial charge in [-0.2, -0.15) is 0 Å². The average Bonchev–Trinajstić information content (AvgIpc) is 2.61. The zero-order chi connectivity index (χ0) is 16.9. The zero-order valence-corrected chi connectivity index (χ0v) is 14.4. The molecule has 3 rings (SSSR count). The molecule has 0 unspecified atom stereocenters. The Morgan fingerprint density at radius 2 is 2.00 bits per heavy atom. The summed E-state index contributed by atoms with van der Waals surface area (Å²) in [4.78, 5) is 14.6. The molecule has 0 bridgehead atoms. The van der Waals surface area contributed by atoms with Gasteiger partial charge in [0.2, 0.25) is 5.91 Å². The monoisotopic (exact) mass is 345 g/mol. The van der Waals surface area contributed by atoms with Gasteiger partial charge in [-0.25, -0.2) is 4.39 Å². The second-order valence-corrected chi connectivity index (χ2v) is 6.75. The van der Waals surface area contributed by atoms with Gasteiger partial charge in [0.05, 0.1) is 17.7 Å². The van der Waals surface area contributed by atoms with Gasteiger partial charge in [-0.05, 0) is 24.5 Å². The fourth-order valence-corrected chi connectivity index (χ4v) is 3.89. The molecule has 0 radical (unpaired) electrons. The van der Waals surface area contributed by atoms with E-state index in [0.717, 1.165) is 23.3 Å². The van der Waals surface area contributed by atoms with E-state index in [9.17, 15) is 9.18 Å². The Morgan fingerprint density at radius 1 is 1.21 bits per heavy atom. The van der Waals surface area contributed by atoms with Gasteiger partial charge in [0.15, 0.2) is 5.75 Å². The molecule has 1 amide bonds. The van der Waals surface area contributed by atoms with E-state index >= 15 is 0 Å². The first-order valence-electron chi connectivity index (χ1n) is 8.03. The van der Waals surface area contributed by atoms with Crippen molar-refractivity contribution in [2.24, 2.45) is 0 Å². The number of hydrogen-bond donors (Lipinski definition) is 0. The molecule has 1 saturated heterocycles. The second kappa shape index (κ2) is 7.71. The van der Waals surface area contributed by atoms with Crippen molar-refractivity contribution in [1.29, 1.82) is 0 Å². The van der Waals surface area contributed by atoms with Gasteiger partial charge in [0.1, 0.15) is 5.82 Å². The third-order valence-electron chi connectivity index (χ3n) is 4.06. The van der Waals surface area contributed by atoms with E-state index in [1.807, 2.05) is 30.3 Å². The number of methoxy groups -OCH3 is 1. The summed E-state index contributed by atoms with van der Waals surface area (Å²) in [5.41, 5.74) is 1.70. The summed E-state index contributed by atoms with van der Waals surface area (Å²) in [5.74, 6) is 0.977. The summed E-state index contributed by atoms with van der Waals surface area (Å²) in [6.45, 7) is 0.613. The molecule has 1 heterocycles. The van der Waals surface area contributed by atoms with Crippen molar-refractivity contribution < 1.29 is 13.9 Å². The number of nitrogens with zero attached hydrogens (tertiary/aromatic N) is 1. The molecule has 0 saturated carbocycles. The predicted octanol–water partition coefficient (Wildman–Crippen LogP) is 4.64. The predicted molar refractivity (Wildman–Crippen MR) is 95.2 cm³/mol. The number of benzene rings is 2. The van der Waals surface area contributed by atoms with Crippen LogP contribution in [-0.2, 0) is 10.5 Å². The van der Waals surface area contributed by atoms with Crippen LogP contribution in [0.2, 0.25) is 0 Å². The van der Waals surface area contributed by atoms with E-state index in [4.69, 9.17) is 4.74 Å². The number of piperidine rings is 1. The highest BCUT2D eigenvalue weighted by atomic mass is 32.2. The Hall–Kier alpha value is -2.01. The van der Waals surface area contributed by atoms with Crippen LogP contribution in [0.5, 0.6) is 5.75 Å². The minimum absolute atomic E-state index is 0.0316. The van der Waals surface area contributed by atoms with Crippen molar-refractivity contribution in [2.45, 2.75) is 29.9 Å². The molecule has 2 aromatic carbocycles. The van der Waals surface area contributed by atoms with E-state index in [-0.39, 0.29) is 11.7 Å². The lowest BCUT2D eigenvalue weighted by Gasteiger charge is -2.29. The summed E-state index contributed by atoms with van der Waals surface area (Å²) in [6.07, 6.45) is 2.33. The van der Waals surface area contributed by atoms with Gasteiger partial charge >= 0.3 is 0 Å². The van der Waals surface area contributed by atoms with Crippen LogP contribution >= 0.6 is 11.8 Å². The molecule has 2 aromatic rings. The standard InChI is InChI=1S/C19H20FNO2S/c1-23-19-16(21-10-6-5-9-18(21)22)11-15(20)12-17(19)24-13-14-7-3-2-4-8-14/h2-4,7-8,11-12H,5-6,9-10,13H2,1H3. The Kier molecular flexibility index (Phi) is 5.41. The quantitative estimate of drug-likeness (QED) is 0.739. The van der Waals surface area contributed by atoms with Crippen LogP contribution in [-0.4, -0.2) is 19.6 Å². The number of thioether (sulfide) groups is 1. The Labute approximate surface area is 145 Å². The SMILES string of the molecule is COc1c(SCc2ccccc2)cc(F)cc1N1CCCCC1=O. The molecule has 0 spiro atoms. The van der Waals surface area contributed by atoms with Crippen molar-refractivity contribution >= 4 is 23.4 Å². The maximum Gasteiger partial charge on any atom is 0.227 e. The lowest BCUT2D eigenvalue weighted by molar-refractivity contribution is -0.119. The Balaban J connectivity index is 1.90. The van der Waals surface area contributed by atoms with Crippen LogP contribution in [0.25, 0.3) is 0 Å². The van der Waals surface area contributed by atoms with Crippen LogP contribution < -0.4 is 9.64 Å².